The molecule has 2 fully saturated rings. The van der Waals surface area contributed by atoms with Crippen molar-refractivity contribution < 1.29 is 27.5 Å². The van der Waals surface area contributed by atoms with Gasteiger partial charge in [-0.2, -0.15) is 4.31 Å². The van der Waals surface area contributed by atoms with Crippen LogP contribution >= 0.6 is 11.6 Å². The minimum absolute atomic E-state index is 0.260. The summed E-state index contributed by atoms with van der Waals surface area (Å²) in [6.07, 6.45) is 2.00. The van der Waals surface area contributed by atoms with Crippen molar-refractivity contribution >= 4 is 50.9 Å². The van der Waals surface area contributed by atoms with Gasteiger partial charge in [0.2, 0.25) is 15.9 Å². The van der Waals surface area contributed by atoms with Gasteiger partial charge in [-0.3, -0.25) is 19.4 Å². The van der Waals surface area contributed by atoms with E-state index in [1.165, 1.54) is 15.5 Å². The highest BCUT2D eigenvalue weighted by atomic mass is 35.5. The van der Waals surface area contributed by atoms with Gasteiger partial charge in [0.1, 0.15) is 11.6 Å². The lowest BCUT2D eigenvalue weighted by Gasteiger charge is -2.33. The summed E-state index contributed by atoms with van der Waals surface area (Å²) < 4.78 is 30.5. The number of anilines is 2. The fourth-order valence-corrected chi connectivity index (χ4v) is 6.86. The van der Waals surface area contributed by atoms with Crippen molar-refractivity contribution in [3.05, 3.63) is 82.9 Å². The third kappa shape index (κ3) is 9.13. The lowest BCUT2D eigenvalue weighted by Crippen LogP contribution is -2.47. The molecule has 0 spiro atoms. The van der Waals surface area contributed by atoms with Gasteiger partial charge < -0.3 is 15.4 Å². The number of nitrogens with one attached hydrogen (secondary N) is 2. The molecule has 2 heterocycles. The quantitative estimate of drug-likeness (QED) is 0.311. The molecule has 256 valence electrons. The Balaban J connectivity index is 1.17. The molecule has 0 saturated carbocycles. The van der Waals surface area contributed by atoms with Crippen LogP contribution in [-0.2, 0) is 26.1 Å². The molecular formula is C35H42ClN5O6S. The van der Waals surface area contributed by atoms with E-state index < -0.39 is 27.8 Å². The van der Waals surface area contributed by atoms with Crippen molar-refractivity contribution in [1.82, 2.24) is 14.1 Å². The molecule has 2 N–H and O–H groups in total. The van der Waals surface area contributed by atoms with Gasteiger partial charge in [-0.1, -0.05) is 35.9 Å². The monoisotopic (exact) mass is 695 g/mol. The number of likely N-dealkylation sites (tertiary alicyclic amines) is 1. The zero-order chi connectivity index (χ0) is 34.6. The van der Waals surface area contributed by atoms with Gasteiger partial charge in [-0.05, 0) is 87.2 Å². The van der Waals surface area contributed by atoms with Gasteiger partial charge in [0.15, 0.2) is 0 Å². The molecule has 48 heavy (non-hydrogen) atoms. The van der Waals surface area contributed by atoms with Gasteiger partial charge in [-0.25, -0.2) is 13.2 Å². The first-order valence-corrected chi connectivity index (χ1v) is 18.2. The van der Waals surface area contributed by atoms with Crippen molar-refractivity contribution in [2.24, 2.45) is 0 Å². The summed E-state index contributed by atoms with van der Waals surface area (Å²) in [6, 6.07) is 19.2. The molecule has 0 aliphatic carbocycles. The Morgan fingerprint density at radius 1 is 0.875 bits per heavy atom. The van der Waals surface area contributed by atoms with E-state index in [0.29, 0.717) is 79.6 Å². The van der Waals surface area contributed by atoms with Crippen LogP contribution in [-0.4, -0.2) is 91.1 Å². The molecule has 1 unspecified atom stereocenters. The topological polar surface area (TPSA) is 128 Å². The zero-order valence-electron chi connectivity index (χ0n) is 27.7. The normalized spacial score (nSPS) is 17.6. The number of hydrogen-bond donors (Lipinski definition) is 2. The summed E-state index contributed by atoms with van der Waals surface area (Å²) in [7, 11) is -3.16. The first-order valence-electron chi connectivity index (χ1n) is 15.9. The van der Waals surface area contributed by atoms with Crippen LogP contribution in [0.25, 0.3) is 11.1 Å². The third-order valence-electron chi connectivity index (χ3n) is 8.29. The van der Waals surface area contributed by atoms with Crippen LogP contribution in [0.4, 0.5) is 16.2 Å². The van der Waals surface area contributed by atoms with Crippen molar-refractivity contribution in [1.29, 1.82) is 0 Å². The summed E-state index contributed by atoms with van der Waals surface area (Å²) >= 11 is 6.54. The molecule has 1 atom stereocenters. The highest BCUT2D eigenvalue weighted by Crippen LogP contribution is 2.32. The van der Waals surface area contributed by atoms with E-state index in [4.69, 9.17) is 16.3 Å². The van der Waals surface area contributed by atoms with Crippen molar-refractivity contribution in [2.75, 3.05) is 49.6 Å². The first kappa shape index (κ1) is 35.3. The van der Waals surface area contributed by atoms with Crippen molar-refractivity contribution in [3.8, 4) is 11.1 Å². The van der Waals surface area contributed by atoms with E-state index in [1.54, 1.807) is 63.2 Å². The summed E-state index contributed by atoms with van der Waals surface area (Å²) in [4.78, 5) is 42.5. The van der Waals surface area contributed by atoms with E-state index >= 15 is 0 Å². The molecule has 0 radical (unpaired) electrons. The standard InChI is InChI=1S/C35H42ClN5O6S/c1-35(2,3)47-34(44)41-17-5-6-31(41)33(43)38-28-15-16-30(36)29(22-28)25-9-11-26(12-10-25)32(42)37-27-13-7-24(8-14-27)23-39-18-20-40(21-19-39)48(4,45)46/h7-16,22,31H,5-6,17-21,23H2,1-4H3,(H,37,42)(H,38,43). The third-order valence-corrected chi connectivity index (χ3v) is 9.93. The highest BCUT2D eigenvalue weighted by Gasteiger charge is 2.36. The molecule has 11 nitrogen and oxygen atoms in total. The number of nitrogens with zero attached hydrogens (tertiary/aromatic N) is 3. The Kier molecular flexibility index (Phi) is 10.8. The molecule has 0 aromatic heterocycles. The number of amides is 3. The number of carbonyl (C=O) groups excluding carboxylic acids is 3. The second-order valence-corrected chi connectivity index (χ2v) is 15.6. The van der Waals surface area contributed by atoms with Gasteiger partial charge in [0.25, 0.3) is 5.91 Å². The Bertz CT molecular complexity index is 1750. The molecule has 3 aromatic carbocycles. The van der Waals surface area contributed by atoms with Crippen LogP contribution in [0, 0.1) is 0 Å². The smallest absolute Gasteiger partial charge is 0.410 e. The van der Waals surface area contributed by atoms with Crippen molar-refractivity contribution in [3.63, 3.8) is 0 Å². The highest BCUT2D eigenvalue weighted by molar-refractivity contribution is 7.88. The number of sulfonamides is 1. The molecule has 5 rings (SSSR count). The SMILES string of the molecule is CC(C)(C)OC(=O)N1CCCC1C(=O)Nc1ccc(Cl)c(-c2ccc(C(=O)Nc3ccc(CN4CCN(S(C)(=O)=O)CC4)cc3)cc2)c1. The van der Waals surface area contributed by atoms with Gasteiger partial charge >= 0.3 is 6.09 Å². The molecule has 0 bridgehead atoms. The Morgan fingerprint density at radius 3 is 2.15 bits per heavy atom. The number of piperazine rings is 1. The largest absolute Gasteiger partial charge is 0.444 e. The van der Waals surface area contributed by atoms with Crippen LogP contribution in [0.5, 0.6) is 0 Å². The second-order valence-electron chi connectivity index (χ2n) is 13.2. The van der Waals surface area contributed by atoms with E-state index in [1.807, 2.05) is 24.3 Å². The summed E-state index contributed by atoms with van der Waals surface area (Å²) in [5.41, 5.74) is 3.54. The van der Waals surface area contributed by atoms with Gasteiger partial charge in [-0.15, -0.1) is 0 Å². The number of benzene rings is 3. The summed E-state index contributed by atoms with van der Waals surface area (Å²) in [5, 5.41) is 6.33. The van der Waals surface area contributed by atoms with E-state index in [2.05, 4.69) is 15.5 Å². The predicted octanol–water partition coefficient (Wildman–Crippen LogP) is 5.67. The van der Waals surface area contributed by atoms with E-state index in [0.717, 1.165) is 11.1 Å². The Hall–Kier alpha value is -3.97. The number of rotatable bonds is 8. The van der Waals surface area contributed by atoms with Crippen molar-refractivity contribution in [2.45, 2.75) is 51.8 Å². The fourth-order valence-electron chi connectivity index (χ4n) is 5.80. The lowest BCUT2D eigenvalue weighted by molar-refractivity contribution is -0.120. The number of ether oxygens (including phenoxy) is 1. The number of halogens is 1. The Labute approximate surface area is 287 Å². The minimum Gasteiger partial charge on any atom is -0.444 e. The maximum absolute atomic E-state index is 13.2. The molecule has 2 saturated heterocycles. The average Bonchev–Trinajstić information content (AvgIpc) is 3.53. The van der Waals surface area contributed by atoms with Crippen LogP contribution in [0.3, 0.4) is 0 Å². The first-order chi connectivity index (χ1) is 22.7. The number of carbonyl (C=O) groups is 3. The van der Waals surface area contributed by atoms with E-state index in [9.17, 15) is 22.8 Å². The summed E-state index contributed by atoms with van der Waals surface area (Å²) in [5.74, 6) is -0.552. The fraction of sp³-hybridized carbons (Fsp3) is 0.400. The van der Waals surface area contributed by atoms with Crippen LogP contribution < -0.4 is 10.6 Å². The van der Waals surface area contributed by atoms with Gasteiger partial charge in [0, 0.05) is 66.8 Å². The second kappa shape index (κ2) is 14.7. The van der Waals surface area contributed by atoms with Gasteiger partial charge in [0.05, 0.1) is 6.26 Å². The molecule has 2 aliphatic rings. The Morgan fingerprint density at radius 2 is 1.52 bits per heavy atom. The van der Waals surface area contributed by atoms with Crippen LogP contribution in [0.1, 0.15) is 49.5 Å². The van der Waals surface area contributed by atoms with Crippen LogP contribution in [0.15, 0.2) is 66.7 Å². The molecule has 13 heteroatoms. The van der Waals surface area contributed by atoms with E-state index in [-0.39, 0.29) is 11.8 Å². The maximum atomic E-state index is 13.2. The molecule has 2 aliphatic heterocycles. The minimum atomic E-state index is -3.16. The molecule has 3 aromatic rings. The predicted molar refractivity (Wildman–Crippen MR) is 188 cm³/mol. The molecule has 3 amide bonds. The lowest BCUT2D eigenvalue weighted by atomic mass is 10.0. The summed E-state index contributed by atoms with van der Waals surface area (Å²) in [6.45, 7) is 8.84. The molecular weight excluding hydrogens is 654 g/mol. The number of hydrogen-bond acceptors (Lipinski definition) is 7. The van der Waals surface area contributed by atoms with Crippen LogP contribution in [0.2, 0.25) is 5.02 Å². The zero-order valence-corrected chi connectivity index (χ0v) is 29.2. The maximum Gasteiger partial charge on any atom is 0.410 e. The average molecular weight is 696 g/mol.